The summed E-state index contributed by atoms with van der Waals surface area (Å²) in [5, 5.41) is 12.5. The third-order valence-corrected chi connectivity index (χ3v) is 5.26. The molecule has 6 nitrogen and oxygen atoms in total. The number of likely N-dealkylation sites (N-methyl/N-ethyl adjacent to an activating group) is 1. The Balaban J connectivity index is 2.37. The molecule has 2 N–H and O–H groups in total. The van der Waals surface area contributed by atoms with Gasteiger partial charge in [-0.25, -0.2) is 8.42 Å². The van der Waals surface area contributed by atoms with Crippen molar-refractivity contribution >= 4 is 21.6 Å². The lowest BCUT2D eigenvalue weighted by Gasteiger charge is -2.25. The summed E-state index contributed by atoms with van der Waals surface area (Å²) in [4.78, 5) is 11.7. The third-order valence-electron chi connectivity index (χ3n) is 3.46. The fourth-order valence-electron chi connectivity index (χ4n) is 2.37. The number of amides is 1. The number of hydrogen-bond donors (Lipinski definition) is 2. The first kappa shape index (κ1) is 15.9. The second-order valence-electron chi connectivity index (χ2n) is 6.03. The highest BCUT2D eigenvalue weighted by Crippen LogP contribution is 2.34. The zero-order chi connectivity index (χ0) is 16.0. The van der Waals surface area contributed by atoms with Crippen molar-refractivity contribution in [3.05, 3.63) is 23.8 Å². The average molecular weight is 312 g/mol. The molecule has 116 valence electrons. The number of nitrogens with zero attached hydrogens (tertiary/aromatic N) is 1. The monoisotopic (exact) mass is 312 g/mol. The SMILES string of the molecule is CC1C(=O)Nc2ccc(S(=O)(=O)N(C)CC(C)(C)O)cc21. The second kappa shape index (κ2) is 5.08. The van der Waals surface area contributed by atoms with Gasteiger partial charge in [-0.2, -0.15) is 4.31 Å². The van der Waals surface area contributed by atoms with Crippen molar-refractivity contribution in [3.8, 4) is 0 Å². The van der Waals surface area contributed by atoms with Crippen LogP contribution in [0, 0.1) is 0 Å². The number of nitrogens with one attached hydrogen (secondary N) is 1. The van der Waals surface area contributed by atoms with Crippen LogP contribution in [0.5, 0.6) is 0 Å². The quantitative estimate of drug-likeness (QED) is 0.872. The Morgan fingerprint density at radius 2 is 2.00 bits per heavy atom. The van der Waals surface area contributed by atoms with Crippen LogP contribution >= 0.6 is 0 Å². The Morgan fingerprint density at radius 1 is 1.38 bits per heavy atom. The molecule has 1 atom stereocenters. The molecule has 0 aromatic heterocycles. The molecule has 0 spiro atoms. The van der Waals surface area contributed by atoms with Gasteiger partial charge >= 0.3 is 0 Å². The van der Waals surface area contributed by atoms with Crippen LogP contribution in [-0.2, 0) is 14.8 Å². The molecular weight excluding hydrogens is 292 g/mol. The van der Waals surface area contributed by atoms with Crippen molar-refractivity contribution in [1.82, 2.24) is 4.31 Å². The second-order valence-corrected chi connectivity index (χ2v) is 8.08. The molecule has 1 amide bonds. The Hall–Kier alpha value is -1.44. The molecule has 1 aromatic rings. The van der Waals surface area contributed by atoms with Gasteiger partial charge in [-0.15, -0.1) is 0 Å². The van der Waals surface area contributed by atoms with E-state index >= 15 is 0 Å². The molecule has 0 saturated carbocycles. The first-order chi connectivity index (χ1) is 9.52. The van der Waals surface area contributed by atoms with Crippen molar-refractivity contribution in [1.29, 1.82) is 0 Å². The molecule has 0 saturated heterocycles. The fraction of sp³-hybridized carbons (Fsp3) is 0.500. The van der Waals surface area contributed by atoms with Crippen molar-refractivity contribution in [3.63, 3.8) is 0 Å². The minimum absolute atomic E-state index is 0.0147. The van der Waals surface area contributed by atoms with Gasteiger partial charge in [0, 0.05) is 19.3 Å². The minimum atomic E-state index is -3.70. The Kier molecular flexibility index (Phi) is 3.86. The van der Waals surface area contributed by atoms with Gasteiger partial charge in [-0.05, 0) is 44.5 Å². The molecule has 7 heteroatoms. The average Bonchev–Trinajstić information content (AvgIpc) is 2.62. The summed E-state index contributed by atoms with van der Waals surface area (Å²) in [5.74, 6) is -0.501. The fourth-order valence-corrected chi connectivity index (χ4v) is 3.73. The van der Waals surface area contributed by atoms with Crippen LogP contribution in [-0.4, -0.2) is 42.9 Å². The predicted octanol–water partition coefficient (Wildman–Crippen LogP) is 1.13. The number of fused-ring (bicyclic) bond motifs is 1. The number of carbonyl (C=O) groups excluding carboxylic acids is 1. The molecule has 1 aliphatic rings. The highest BCUT2D eigenvalue weighted by molar-refractivity contribution is 7.89. The number of rotatable bonds is 4. The van der Waals surface area contributed by atoms with Crippen molar-refractivity contribution in [2.75, 3.05) is 18.9 Å². The molecule has 21 heavy (non-hydrogen) atoms. The number of sulfonamides is 1. The van der Waals surface area contributed by atoms with Crippen molar-refractivity contribution in [2.45, 2.75) is 37.2 Å². The molecule has 1 aliphatic heterocycles. The van der Waals surface area contributed by atoms with Crippen LogP contribution in [0.2, 0.25) is 0 Å². The van der Waals surface area contributed by atoms with Crippen LogP contribution in [0.3, 0.4) is 0 Å². The van der Waals surface area contributed by atoms with Gasteiger partial charge in [0.25, 0.3) is 0 Å². The van der Waals surface area contributed by atoms with Gasteiger partial charge in [0.2, 0.25) is 15.9 Å². The van der Waals surface area contributed by atoms with E-state index in [2.05, 4.69) is 5.32 Å². The Morgan fingerprint density at radius 3 is 2.57 bits per heavy atom. The summed E-state index contributed by atoms with van der Waals surface area (Å²) in [6.07, 6.45) is 0. The maximum Gasteiger partial charge on any atom is 0.242 e. The van der Waals surface area contributed by atoms with Crippen molar-refractivity contribution in [2.24, 2.45) is 0 Å². The molecule has 1 heterocycles. The van der Waals surface area contributed by atoms with E-state index in [0.717, 1.165) is 4.31 Å². The molecule has 1 aromatic carbocycles. The first-order valence-electron chi connectivity index (χ1n) is 6.66. The summed E-state index contributed by atoms with van der Waals surface area (Å²) < 4.78 is 26.1. The summed E-state index contributed by atoms with van der Waals surface area (Å²) in [7, 11) is -2.28. The normalized spacial score (nSPS) is 18.8. The first-order valence-corrected chi connectivity index (χ1v) is 8.10. The van der Waals surface area contributed by atoms with Gasteiger partial charge in [-0.3, -0.25) is 4.79 Å². The highest BCUT2D eigenvalue weighted by Gasteiger charge is 2.31. The smallest absolute Gasteiger partial charge is 0.242 e. The molecule has 0 aliphatic carbocycles. The predicted molar refractivity (Wildman–Crippen MR) is 79.6 cm³/mol. The summed E-state index contributed by atoms with van der Waals surface area (Å²) in [5.41, 5.74) is 0.206. The van der Waals surface area contributed by atoms with Crippen LogP contribution < -0.4 is 5.32 Å². The van der Waals surface area contributed by atoms with E-state index in [1.165, 1.54) is 19.2 Å². The van der Waals surface area contributed by atoms with E-state index in [-0.39, 0.29) is 23.3 Å². The van der Waals surface area contributed by atoms with E-state index in [0.29, 0.717) is 11.3 Å². The summed E-state index contributed by atoms with van der Waals surface area (Å²) in [6.45, 7) is 4.82. The Labute approximate surface area is 124 Å². The number of carbonyl (C=O) groups is 1. The van der Waals surface area contributed by atoms with Gasteiger partial charge in [-0.1, -0.05) is 0 Å². The van der Waals surface area contributed by atoms with Crippen LogP contribution in [0.1, 0.15) is 32.3 Å². The molecule has 0 radical (unpaired) electrons. The zero-order valence-electron chi connectivity index (χ0n) is 12.5. The van der Waals surface area contributed by atoms with E-state index in [1.807, 2.05) is 0 Å². The number of aliphatic hydroxyl groups is 1. The third kappa shape index (κ3) is 3.09. The molecule has 2 rings (SSSR count). The van der Waals surface area contributed by atoms with Gasteiger partial charge in [0.15, 0.2) is 0 Å². The molecule has 0 bridgehead atoms. The van der Waals surface area contributed by atoms with Crippen LogP contribution in [0.4, 0.5) is 5.69 Å². The summed E-state index contributed by atoms with van der Waals surface area (Å²) >= 11 is 0. The molecular formula is C14H20N2O4S. The highest BCUT2D eigenvalue weighted by atomic mass is 32.2. The zero-order valence-corrected chi connectivity index (χ0v) is 13.4. The lowest BCUT2D eigenvalue weighted by molar-refractivity contribution is -0.116. The maximum atomic E-state index is 12.5. The maximum absolute atomic E-state index is 12.5. The topological polar surface area (TPSA) is 86.7 Å². The van der Waals surface area contributed by atoms with E-state index < -0.39 is 15.6 Å². The van der Waals surface area contributed by atoms with E-state index in [9.17, 15) is 18.3 Å². The van der Waals surface area contributed by atoms with Gasteiger partial charge in [0.05, 0.1) is 16.4 Å². The van der Waals surface area contributed by atoms with Crippen molar-refractivity contribution < 1.29 is 18.3 Å². The van der Waals surface area contributed by atoms with Gasteiger partial charge < -0.3 is 10.4 Å². The minimum Gasteiger partial charge on any atom is -0.389 e. The number of anilines is 1. The van der Waals surface area contributed by atoms with Crippen LogP contribution in [0.25, 0.3) is 0 Å². The van der Waals surface area contributed by atoms with Gasteiger partial charge in [0.1, 0.15) is 0 Å². The lowest BCUT2D eigenvalue weighted by Crippen LogP contribution is -2.39. The number of hydrogen-bond acceptors (Lipinski definition) is 4. The van der Waals surface area contributed by atoms with Crippen LogP contribution in [0.15, 0.2) is 23.1 Å². The molecule has 1 unspecified atom stereocenters. The standard InChI is InChI=1S/C14H20N2O4S/c1-9-11-7-10(5-6-12(11)15-13(9)17)21(19,20)16(4)8-14(2,3)18/h5-7,9,18H,8H2,1-4H3,(H,15,17). The molecule has 0 fully saturated rings. The summed E-state index contributed by atoms with van der Waals surface area (Å²) in [6, 6.07) is 4.59. The van der Waals surface area contributed by atoms with E-state index in [1.54, 1.807) is 26.8 Å². The Bertz CT molecular complexity index is 677. The largest absolute Gasteiger partial charge is 0.389 e. The van der Waals surface area contributed by atoms with E-state index in [4.69, 9.17) is 0 Å². The lowest BCUT2D eigenvalue weighted by atomic mass is 10.0. The number of benzene rings is 1.